The summed E-state index contributed by atoms with van der Waals surface area (Å²) in [5.74, 6) is -5.51. The van der Waals surface area contributed by atoms with Gasteiger partial charge in [0.1, 0.15) is 17.4 Å². The number of sulfonamides is 1. The van der Waals surface area contributed by atoms with Crippen LogP contribution in [-0.4, -0.2) is 46.3 Å². The molecule has 10 nitrogen and oxygen atoms in total. The van der Waals surface area contributed by atoms with Crippen molar-refractivity contribution < 1.29 is 44.0 Å². The fourth-order valence-corrected chi connectivity index (χ4v) is 6.56. The summed E-state index contributed by atoms with van der Waals surface area (Å²) in [7, 11) is -4.84. The molecule has 1 amide bonds. The lowest BCUT2D eigenvalue weighted by molar-refractivity contribution is -0.137. The fraction of sp³-hybridized carbons (Fsp3) is 0.321. The first-order valence-corrected chi connectivity index (χ1v) is 14.7. The molecule has 0 spiro atoms. The van der Waals surface area contributed by atoms with Gasteiger partial charge in [0.2, 0.25) is 11.0 Å². The van der Waals surface area contributed by atoms with Crippen LogP contribution in [0.1, 0.15) is 37.4 Å². The number of carbonyl (C=O) groups excluding carboxylic acids is 1. The summed E-state index contributed by atoms with van der Waals surface area (Å²) in [4.78, 5) is 39.4. The smallest absolute Gasteiger partial charge is 0.416 e. The third kappa shape index (κ3) is 6.13. The van der Waals surface area contributed by atoms with Gasteiger partial charge in [-0.15, -0.1) is 0 Å². The lowest BCUT2D eigenvalue weighted by Gasteiger charge is -2.21. The minimum atomic E-state index is -4.84. The molecule has 5 rings (SSSR count). The molecule has 1 N–H and O–H groups in total. The molecule has 1 atom stereocenters. The largest absolute Gasteiger partial charge is 0.443 e. The van der Waals surface area contributed by atoms with Crippen molar-refractivity contribution in [2.24, 2.45) is 0 Å². The molecular weight excluding hydrogens is 634 g/mol. The van der Waals surface area contributed by atoms with Crippen molar-refractivity contribution in [2.75, 3.05) is 6.54 Å². The quantitative estimate of drug-likeness (QED) is 0.297. The van der Waals surface area contributed by atoms with Crippen LogP contribution in [0.3, 0.4) is 0 Å². The molecule has 1 aliphatic heterocycles. The molecule has 0 aliphatic carbocycles. The fourth-order valence-electron chi connectivity index (χ4n) is 4.99. The van der Waals surface area contributed by atoms with Crippen LogP contribution in [0.4, 0.5) is 26.3 Å². The van der Waals surface area contributed by atoms with Gasteiger partial charge >= 0.3 is 11.9 Å². The van der Waals surface area contributed by atoms with Gasteiger partial charge in [0.25, 0.3) is 21.5 Å². The first-order chi connectivity index (χ1) is 20.9. The molecular formula is C28H24F6N4O6S. The molecule has 45 heavy (non-hydrogen) atoms. The number of aromatic nitrogens is 2. The van der Waals surface area contributed by atoms with Crippen LogP contribution in [-0.2, 0) is 27.5 Å². The van der Waals surface area contributed by atoms with Crippen molar-refractivity contribution in [1.82, 2.24) is 18.8 Å². The monoisotopic (exact) mass is 658 g/mol. The van der Waals surface area contributed by atoms with Crippen molar-refractivity contribution in [3.05, 3.63) is 92.5 Å². The summed E-state index contributed by atoms with van der Waals surface area (Å²) in [5, 5.41) is 1.52. The Kier molecular flexibility index (Phi) is 7.97. The summed E-state index contributed by atoms with van der Waals surface area (Å²) in [6, 6.07) is 4.92. The third-order valence-electron chi connectivity index (χ3n) is 7.18. The number of nitrogens with zero attached hydrogens (tertiary/aromatic N) is 3. The molecule has 4 aromatic rings. The average Bonchev–Trinajstić information content (AvgIpc) is 3.53. The molecule has 17 heteroatoms. The number of hydrogen-bond acceptors (Lipinski definition) is 6. The molecule has 3 heterocycles. The highest BCUT2D eigenvalue weighted by molar-refractivity contribution is 7.89. The first kappa shape index (κ1) is 32.0. The number of alkyl halides is 5. The van der Waals surface area contributed by atoms with E-state index in [4.69, 9.17) is 4.42 Å². The molecule has 1 saturated heterocycles. The number of rotatable bonds is 7. The van der Waals surface area contributed by atoms with Gasteiger partial charge < -0.3 is 9.73 Å². The van der Waals surface area contributed by atoms with Gasteiger partial charge in [-0.05, 0) is 56.3 Å². The standard InChI is InChI=1S/C28H24F6N4O6S/c1-15(2)38-25(40)17(13-36(26(38)41)20-6-3-18(4-7-20)28(32,33)34)12-35-24(39)21-11-27(30,31)14-37(21)45(42,43)23-10-16-9-19(29)5-8-22(16)44-23/h3-10,13,15,21H,11-12,14H2,1-2H3,(H,35,39)/t21-/m0/s1. The van der Waals surface area contributed by atoms with Crippen molar-refractivity contribution in [1.29, 1.82) is 0 Å². The molecule has 1 aliphatic rings. The zero-order valence-electron chi connectivity index (χ0n) is 23.4. The van der Waals surface area contributed by atoms with Gasteiger partial charge in [0, 0.05) is 36.7 Å². The number of nitrogens with one attached hydrogen (secondary N) is 1. The Balaban J connectivity index is 1.45. The van der Waals surface area contributed by atoms with Gasteiger partial charge in [-0.3, -0.25) is 18.7 Å². The number of carbonyl (C=O) groups is 1. The Hall–Kier alpha value is -4.38. The van der Waals surface area contributed by atoms with E-state index in [1.54, 1.807) is 0 Å². The minimum Gasteiger partial charge on any atom is -0.443 e. The van der Waals surface area contributed by atoms with E-state index in [2.05, 4.69) is 5.32 Å². The second kappa shape index (κ2) is 11.2. The Bertz CT molecular complexity index is 2020. The lowest BCUT2D eigenvalue weighted by atomic mass is 10.1. The molecule has 0 saturated carbocycles. The summed E-state index contributed by atoms with van der Waals surface area (Å²) < 4.78 is 116. The highest BCUT2D eigenvalue weighted by Gasteiger charge is 2.53. The zero-order chi connectivity index (χ0) is 33.1. The van der Waals surface area contributed by atoms with Gasteiger partial charge in [-0.25, -0.2) is 26.4 Å². The van der Waals surface area contributed by atoms with Crippen molar-refractivity contribution in [2.45, 2.75) is 56.1 Å². The average molecular weight is 659 g/mol. The summed E-state index contributed by atoms with van der Waals surface area (Å²) in [6.07, 6.45) is -4.84. The Labute approximate surface area is 250 Å². The van der Waals surface area contributed by atoms with Crippen LogP contribution < -0.4 is 16.6 Å². The second-order valence-corrected chi connectivity index (χ2v) is 12.5. The minimum absolute atomic E-state index is 0.0339. The van der Waals surface area contributed by atoms with E-state index >= 15 is 0 Å². The summed E-state index contributed by atoms with van der Waals surface area (Å²) >= 11 is 0. The van der Waals surface area contributed by atoms with Crippen LogP contribution in [0.5, 0.6) is 0 Å². The van der Waals surface area contributed by atoms with E-state index in [1.807, 2.05) is 0 Å². The second-order valence-electron chi connectivity index (χ2n) is 10.7. The number of benzene rings is 2. The molecule has 240 valence electrons. The van der Waals surface area contributed by atoms with E-state index in [0.29, 0.717) is 0 Å². The summed E-state index contributed by atoms with van der Waals surface area (Å²) in [6.45, 7) is 0.985. The SMILES string of the molecule is CC(C)n1c(=O)c(CNC(=O)[C@@H]2CC(F)(F)CN2S(=O)(=O)c2cc3cc(F)ccc3o2)cn(-c2ccc(C(F)(F)F)cc2)c1=O. The molecule has 1 fully saturated rings. The molecule has 0 radical (unpaired) electrons. The first-order valence-electron chi connectivity index (χ1n) is 13.3. The normalized spacial score (nSPS) is 17.3. The molecule has 2 aromatic heterocycles. The highest BCUT2D eigenvalue weighted by Crippen LogP contribution is 2.37. The number of halogens is 6. The van der Waals surface area contributed by atoms with E-state index in [-0.39, 0.29) is 26.5 Å². The molecule has 0 bridgehead atoms. The van der Waals surface area contributed by atoms with Crippen LogP contribution >= 0.6 is 0 Å². The highest BCUT2D eigenvalue weighted by atomic mass is 32.2. The maximum atomic E-state index is 14.5. The third-order valence-corrected chi connectivity index (χ3v) is 8.89. The van der Waals surface area contributed by atoms with Crippen LogP contribution in [0.25, 0.3) is 16.7 Å². The number of hydrogen-bond donors (Lipinski definition) is 1. The van der Waals surface area contributed by atoms with Gasteiger partial charge in [-0.2, -0.15) is 17.5 Å². The van der Waals surface area contributed by atoms with Crippen molar-refractivity contribution >= 4 is 26.9 Å². The number of amides is 1. The predicted molar refractivity (Wildman–Crippen MR) is 147 cm³/mol. The maximum absolute atomic E-state index is 14.5. The van der Waals surface area contributed by atoms with Crippen molar-refractivity contribution in [3.63, 3.8) is 0 Å². The predicted octanol–water partition coefficient (Wildman–Crippen LogP) is 4.20. The maximum Gasteiger partial charge on any atom is 0.416 e. The Morgan fingerprint density at radius 3 is 2.38 bits per heavy atom. The Morgan fingerprint density at radius 1 is 1.09 bits per heavy atom. The van der Waals surface area contributed by atoms with Gasteiger partial charge in [0.05, 0.1) is 23.4 Å². The van der Waals surface area contributed by atoms with E-state index < -0.39 is 87.3 Å². The summed E-state index contributed by atoms with van der Waals surface area (Å²) in [5.41, 5.74) is -3.04. The van der Waals surface area contributed by atoms with Crippen LogP contribution in [0.15, 0.2) is 73.8 Å². The van der Waals surface area contributed by atoms with E-state index in [9.17, 15) is 49.1 Å². The number of furan rings is 1. The van der Waals surface area contributed by atoms with Gasteiger partial charge in [-0.1, -0.05) is 0 Å². The van der Waals surface area contributed by atoms with Crippen molar-refractivity contribution in [3.8, 4) is 5.69 Å². The topological polar surface area (TPSA) is 124 Å². The van der Waals surface area contributed by atoms with Crippen LogP contribution in [0.2, 0.25) is 0 Å². The molecule has 2 aromatic carbocycles. The zero-order valence-corrected chi connectivity index (χ0v) is 24.3. The van der Waals surface area contributed by atoms with E-state index in [0.717, 1.165) is 63.9 Å². The lowest BCUT2D eigenvalue weighted by Crippen LogP contribution is -2.47. The Morgan fingerprint density at radius 2 is 1.76 bits per heavy atom. The van der Waals surface area contributed by atoms with Gasteiger partial charge in [0.15, 0.2) is 0 Å². The van der Waals surface area contributed by atoms with E-state index in [1.165, 1.54) is 13.8 Å². The molecule has 0 unspecified atom stereocenters. The number of fused-ring (bicyclic) bond motifs is 1. The van der Waals surface area contributed by atoms with Crippen LogP contribution in [0, 0.1) is 5.82 Å².